The van der Waals surface area contributed by atoms with Crippen molar-refractivity contribution >= 4 is 5.69 Å². The summed E-state index contributed by atoms with van der Waals surface area (Å²) in [5.74, 6) is 1.03. The predicted molar refractivity (Wildman–Crippen MR) is 118 cm³/mol. The predicted octanol–water partition coefficient (Wildman–Crippen LogP) is 6.99. The molecule has 2 nitrogen and oxygen atoms in total. The number of benzene rings is 2. The summed E-state index contributed by atoms with van der Waals surface area (Å²) in [4.78, 5) is 0. The molecule has 2 aromatic rings. The monoisotopic (exact) mass is 367 g/mol. The van der Waals surface area contributed by atoms with Gasteiger partial charge in [-0.05, 0) is 40.5 Å². The SMILES string of the molecule is CC.Cc1cc(C(C)(C)C)cc(C(C)(C)C)c1O[C@H]1Cc2ccccc2N1. The third-order valence-corrected chi connectivity index (χ3v) is 4.95. The van der Waals surface area contributed by atoms with Crippen molar-refractivity contribution in [1.29, 1.82) is 0 Å². The molecule has 0 aromatic heterocycles. The van der Waals surface area contributed by atoms with E-state index in [0.717, 1.165) is 12.2 Å². The Kier molecular flexibility index (Phi) is 6.29. The normalized spacial score (nSPS) is 16.1. The topological polar surface area (TPSA) is 21.3 Å². The molecule has 0 amide bonds. The van der Waals surface area contributed by atoms with Crippen molar-refractivity contribution < 1.29 is 4.74 Å². The van der Waals surface area contributed by atoms with E-state index >= 15 is 0 Å². The highest BCUT2D eigenvalue weighted by Crippen LogP contribution is 2.39. The molecule has 3 rings (SSSR count). The maximum absolute atomic E-state index is 6.50. The third kappa shape index (κ3) is 4.86. The zero-order valence-corrected chi connectivity index (χ0v) is 18.7. The second-order valence-electron chi connectivity index (χ2n) is 9.28. The van der Waals surface area contributed by atoms with Crippen molar-refractivity contribution in [3.05, 3.63) is 58.7 Å². The zero-order chi connectivity index (χ0) is 20.4. The standard InChI is InChI=1S/C23H31NO.C2H6/c1-15-12-17(22(2,3)4)14-18(23(5,6)7)21(15)25-20-13-16-10-8-9-11-19(16)24-20;1-2/h8-12,14,20,24H,13H2,1-7H3;1-2H3/t20-;/m0./s1. The van der Waals surface area contributed by atoms with Crippen LogP contribution in [-0.4, -0.2) is 6.23 Å². The van der Waals surface area contributed by atoms with Gasteiger partial charge in [-0.25, -0.2) is 0 Å². The minimum Gasteiger partial charge on any atom is -0.470 e. The number of aryl methyl sites for hydroxylation is 1. The largest absolute Gasteiger partial charge is 0.470 e. The molecule has 0 saturated carbocycles. The van der Waals surface area contributed by atoms with Crippen LogP contribution in [0.4, 0.5) is 5.69 Å². The summed E-state index contributed by atoms with van der Waals surface area (Å²) >= 11 is 0. The molecule has 0 saturated heterocycles. The van der Waals surface area contributed by atoms with E-state index in [0.29, 0.717) is 0 Å². The summed E-state index contributed by atoms with van der Waals surface area (Å²) in [6.07, 6.45) is 0.901. The van der Waals surface area contributed by atoms with Crippen LogP contribution < -0.4 is 10.1 Å². The van der Waals surface area contributed by atoms with Gasteiger partial charge in [0.25, 0.3) is 0 Å². The van der Waals surface area contributed by atoms with Crippen LogP contribution in [0.25, 0.3) is 0 Å². The molecular weight excluding hydrogens is 330 g/mol. The number of rotatable bonds is 2. The summed E-state index contributed by atoms with van der Waals surface area (Å²) in [7, 11) is 0. The van der Waals surface area contributed by atoms with Gasteiger partial charge >= 0.3 is 0 Å². The van der Waals surface area contributed by atoms with E-state index in [2.05, 4.69) is 90.2 Å². The van der Waals surface area contributed by atoms with Gasteiger partial charge in [0.15, 0.2) is 6.23 Å². The highest BCUT2D eigenvalue weighted by molar-refractivity contribution is 5.57. The smallest absolute Gasteiger partial charge is 0.174 e. The molecule has 0 spiro atoms. The molecule has 1 N–H and O–H groups in total. The van der Waals surface area contributed by atoms with Crippen molar-refractivity contribution in [2.45, 2.75) is 85.8 Å². The third-order valence-electron chi connectivity index (χ3n) is 4.95. The van der Waals surface area contributed by atoms with Crippen LogP contribution in [0.2, 0.25) is 0 Å². The first-order valence-corrected chi connectivity index (χ1v) is 10.2. The molecule has 0 aliphatic carbocycles. The highest BCUT2D eigenvalue weighted by Gasteiger charge is 2.28. The Labute approximate surface area is 166 Å². The van der Waals surface area contributed by atoms with Gasteiger partial charge < -0.3 is 10.1 Å². The van der Waals surface area contributed by atoms with Crippen molar-refractivity contribution in [2.24, 2.45) is 0 Å². The lowest BCUT2D eigenvalue weighted by Gasteiger charge is -2.30. The minimum absolute atomic E-state index is 0.00214. The molecule has 2 aromatic carbocycles. The first-order chi connectivity index (χ1) is 12.6. The quantitative estimate of drug-likeness (QED) is 0.617. The van der Waals surface area contributed by atoms with Crippen LogP contribution in [-0.2, 0) is 17.3 Å². The van der Waals surface area contributed by atoms with Gasteiger partial charge in [0.05, 0.1) is 0 Å². The molecule has 1 atom stereocenters. The molecule has 1 heterocycles. The number of para-hydroxylation sites is 1. The van der Waals surface area contributed by atoms with E-state index in [-0.39, 0.29) is 17.1 Å². The van der Waals surface area contributed by atoms with Gasteiger partial charge in [-0.3, -0.25) is 0 Å². The summed E-state index contributed by atoms with van der Waals surface area (Å²) in [5, 5.41) is 3.51. The fraction of sp³-hybridized carbons (Fsp3) is 0.520. The van der Waals surface area contributed by atoms with Crippen molar-refractivity contribution in [3.63, 3.8) is 0 Å². The Bertz CT molecular complexity index is 753. The van der Waals surface area contributed by atoms with Crippen LogP contribution in [0.3, 0.4) is 0 Å². The summed E-state index contributed by atoms with van der Waals surface area (Å²) < 4.78 is 6.50. The van der Waals surface area contributed by atoms with Crippen LogP contribution >= 0.6 is 0 Å². The molecule has 0 unspecified atom stereocenters. The Morgan fingerprint density at radius 1 is 0.926 bits per heavy atom. The van der Waals surface area contributed by atoms with Gasteiger partial charge in [0.1, 0.15) is 5.75 Å². The number of hydrogen-bond donors (Lipinski definition) is 1. The van der Waals surface area contributed by atoms with Crippen molar-refractivity contribution in [2.75, 3.05) is 5.32 Å². The fourth-order valence-electron chi connectivity index (χ4n) is 3.40. The van der Waals surface area contributed by atoms with E-state index in [1.807, 2.05) is 13.8 Å². The second kappa shape index (κ2) is 7.96. The van der Waals surface area contributed by atoms with Crippen LogP contribution in [0.15, 0.2) is 36.4 Å². The first kappa shape index (κ1) is 21.3. The van der Waals surface area contributed by atoms with Gasteiger partial charge in [-0.15, -0.1) is 0 Å². The Morgan fingerprint density at radius 2 is 1.56 bits per heavy atom. The van der Waals surface area contributed by atoms with E-state index in [1.165, 1.54) is 27.9 Å². The van der Waals surface area contributed by atoms with Gasteiger partial charge in [0.2, 0.25) is 0 Å². The average molecular weight is 368 g/mol. The number of ether oxygens (including phenoxy) is 1. The van der Waals surface area contributed by atoms with Crippen LogP contribution in [0.5, 0.6) is 5.75 Å². The van der Waals surface area contributed by atoms with Crippen LogP contribution in [0, 0.1) is 6.92 Å². The van der Waals surface area contributed by atoms with Gasteiger partial charge in [-0.1, -0.05) is 85.7 Å². The minimum atomic E-state index is -0.00214. The van der Waals surface area contributed by atoms with Crippen molar-refractivity contribution in [1.82, 2.24) is 0 Å². The molecule has 148 valence electrons. The average Bonchev–Trinajstić information content (AvgIpc) is 2.98. The molecule has 1 aliphatic rings. The maximum atomic E-state index is 6.50. The molecule has 0 radical (unpaired) electrons. The summed E-state index contributed by atoms with van der Waals surface area (Å²) in [6, 6.07) is 13.1. The molecule has 27 heavy (non-hydrogen) atoms. The second-order valence-corrected chi connectivity index (χ2v) is 9.28. The number of fused-ring (bicyclic) bond motifs is 1. The number of hydrogen-bond acceptors (Lipinski definition) is 2. The molecule has 1 aliphatic heterocycles. The lowest BCUT2D eigenvalue weighted by atomic mass is 9.79. The lowest BCUT2D eigenvalue weighted by Crippen LogP contribution is -2.26. The van der Waals surface area contributed by atoms with Gasteiger partial charge in [0, 0.05) is 17.7 Å². The zero-order valence-electron chi connectivity index (χ0n) is 18.7. The number of nitrogens with one attached hydrogen (secondary N) is 1. The maximum Gasteiger partial charge on any atom is 0.174 e. The van der Waals surface area contributed by atoms with E-state index < -0.39 is 0 Å². The fourth-order valence-corrected chi connectivity index (χ4v) is 3.40. The molecule has 0 fully saturated rings. The Hall–Kier alpha value is -1.96. The van der Waals surface area contributed by atoms with E-state index in [9.17, 15) is 0 Å². The molecular formula is C25H37NO. The van der Waals surface area contributed by atoms with Gasteiger partial charge in [-0.2, -0.15) is 0 Å². The van der Waals surface area contributed by atoms with E-state index in [1.54, 1.807) is 0 Å². The van der Waals surface area contributed by atoms with Crippen molar-refractivity contribution in [3.8, 4) is 5.75 Å². The number of anilines is 1. The Morgan fingerprint density at radius 3 is 2.11 bits per heavy atom. The molecule has 0 bridgehead atoms. The summed E-state index contributed by atoms with van der Waals surface area (Å²) in [5.41, 5.74) is 6.55. The van der Waals surface area contributed by atoms with E-state index in [4.69, 9.17) is 4.74 Å². The summed E-state index contributed by atoms with van der Waals surface area (Å²) in [6.45, 7) is 19.8. The highest BCUT2D eigenvalue weighted by atomic mass is 16.5. The first-order valence-electron chi connectivity index (χ1n) is 10.2. The molecule has 2 heteroatoms. The van der Waals surface area contributed by atoms with Crippen LogP contribution in [0.1, 0.15) is 77.6 Å². The Balaban J connectivity index is 0.00000126. The lowest BCUT2D eigenvalue weighted by molar-refractivity contribution is 0.231.